The van der Waals surface area contributed by atoms with Gasteiger partial charge >= 0.3 is 23.9 Å². The van der Waals surface area contributed by atoms with Crippen LogP contribution >= 0.6 is 0 Å². The van der Waals surface area contributed by atoms with Crippen LogP contribution in [0.3, 0.4) is 0 Å². The Balaban J connectivity index is 2.61. The minimum atomic E-state index is -1.89. The lowest BCUT2D eigenvalue weighted by Crippen LogP contribution is -2.68. The van der Waals surface area contributed by atoms with Crippen LogP contribution in [0.4, 0.5) is 0 Å². The second-order valence-electron chi connectivity index (χ2n) is 19.5. The number of carboxylic acid groups (broad SMARTS) is 1. The lowest BCUT2D eigenvalue weighted by molar-refractivity contribution is -0.287. The number of nitrogens with one attached hydrogen (secondary N) is 8. The summed E-state index contributed by atoms with van der Waals surface area (Å²) in [7, 11) is 0. The van der Waals surface area contributed by atoms with Crippen molar-refractivity contribution >= 4 is 82.9 Å². The highest BCUT2D eigenvalue weighted by atomic mass is 16.7. The first-order chi connectivity index (χ1) is 36.3. The summed E-state index contributed by atoms with van der Waals surface area (Å²) in [5.41, 5.74) is 5.13. The molecule has 0 aliphatic carbocycles. The van der Waals surface area contributed by atoms with Gasteiger partial charge in [-0.15, -0.1) is 0 Å². The summed E-state index contributed by atoms with van der Waals surface area (Å²) in [4.78, 5) is 181. The van der Waals surface area contributed by atoms with Crippen molar-refractivity contribution in [1.82, 2.24) is 47.4 Å². The number of rotatable bonds is 29. The standard InChI is InChI=1S/C48H76N10O20/c1-21(2)17-31(55-43(69)30(53-25(7)59)14-15-36(66)67)44(70)52-23(5)42(68)57-38(47(73)56-37(22(3)4)46(72)51-19-35(65)58-16-12-13-32(58)45(71)50-18-34(49)64)24(6)75-48-39(54-26(8)60)41(77-29(11)63)40(76-28(10)62)33(78-48)20-74-27(9)61/h21-24,30-33,37-41,48H,12-20H2,1-11H3,(H2,49,64)(H,50,71)(H,51,72)(H,52,70)(H,53,59)(H,54,60)(H,55,69)(H,56,73)(H,57,68)(H,66,67)/t23-,24+,30-,31-,32-,33+,37-,38-,39+,40-,41+,48-/m0/s1. The number of carbonyl (C=O) groups excluding carboxylic acids is 13. The average Bonchev–Trinajstić information content (AvgIpc) is 3.82. The quantitative estimate of drug-likeness (QED) is 0.0251. The molecular weight excluding hydrogens is 1040 g/mol. The largest absolute Gasteiger partial charge is 0.481 e. The second kappa shape index (κ2) is 31.7. The molecule has 0 saturated carbocycles. The number of carboxylic acids is 1. The van der Waals surface area contributed by atoms with Crippen molar-refractivity contribution in [2.75, 3.05) is 26.2 Å². The van der Waals surface area contributed by atoms with E-state index < -0.39 is 188 Å². The first-order valence-electron chi connectivity index (χ1n) is 25.2. The number of esters is 3. The van der Waals surface area contributed by atoms with E-state index in [0.29, 0.717) is 6.42 Å². The third-order valence-corrected chi connectivity index (χ3v) is 11.9. The molecular formula is C48H76N10O20. The van der Waals surface area contributed by atoms with Gasteiger partial charge in [0.15, 0.2) is 18.5 Å². The van der Waals surface area contributed by atoms with Crippen LogP contribution in [0.15, 0.2) is 0 Å². The van der Waals surface area contributed by atoms with Crippen LogP contribution in [-0.4, -0.2) is 192 Å². The van der Waals surface area contributed by atoms with E-state index in [1.165, 1.54) is 18.7 Å². The smallest absolute Gasteiger partial charge is 0.303 e. The van der Waals surface area contributed by atoms with Crippen LogP contribution in [0, 0.1) is 11.8 Å². The first kappa shape index (κ1) is 66.6. The summed E-state index contributed by atoms with van der Waals surface area (Å²) in [6.07, 6.45) is -8.16. The molecule has 11 N–H and O–H groups in total. The molecule has 2 rings (SSSR count). The third kappa shape index (κ3) is 22.2. The predicted molar refractivity (Wildman–Crippen MR) is 267 cm³/mol. The zero-order valence-corrected chi connectivity index (χ0v) is 45.7. The van der Waals surface area contributed by atoms with Crippen LogP contribution < -0.4 is 48.3 Å². The Bertz CT molecular complexity index is 2230. The molecule has 78 heavy (non-hydrogen) atoms. The van der Waals surface area contributed by atoms with Gasteiger partial charge in [0.2, 0.25) is 59.1 Å². The van der Waals surface area contributed by atoms with Crippen LogP contribution in [-0.2, 0) is 90.8 Å². The third-order valence-electron chi connectivity index (χ3n) is 11.9. The van der Waals surface area contributed by atoms with E-state index in [1.807, 2.05) is 0 Å². The minimum absolute atomic E-state index is 0.00928. The van der Waals surface area contributed by atoms with Gasteiger partial charge in [0.05, 0.1) is 19.2 Å². The summed E-state index contributed by atoms with van der Waals surface area (Å²) in [5, 5.41) is 28.9. The number of likely N-dealkylation sites (tertiary alicyclic amines) is 1. The van der Waals surface area contributed by atoms with Gasteiger partial charge in [-0.3, -0.25) is 67.1 Å². The fourth-order valence-corrected chi connectivity index (χ4v) is 8.29. The van der Waals surface area contributed by atoms with E-state index >= 15 is 0 Å². The van der Waals surface area contributed by atoms with E-state index in [-0.39, 0.29) is 31.7 Å². The van der Waals surface area contributed by atoms with E-state index in [4.69, 9.17) is 29.4 Å². The highest BCUT2D eigenvalue weighted by Crippen LogP contribution is 2.29. The summed E-state index contributed by atoms with van der Waals surface area (Å²) >= 11 is 0. The van der Waals surface area contributed by atoms with Gasteiger partial charge in [-0.05, 0) is 51.4 Å². The molecule has 0 aromatic carbocycles. The zero-order valence-electron chi connectivity index (χ0n) is 45.7. The van der Waals surface area contributed by atoms with Gasteiger partial charge in [0, 0.05) is 47.6 Å². The van der Waals surface area contributed by atoms with E-state index in [1.54, 1.807) is 27.7 Å². The molecule has 12 atom stereocenters. The molecule has 2 aliphatic rings. The summed E-state index contributed by atoms with van der Waals surface area (Å²) in [5.74, 6) is -13.2. The Labute approximate surface area is 450 Å². The summed E-state index contributed by atoms with van der Waals surface area (Å²) < 4.78 is 28.5. The molecule has 0 aromatic heterocycles. The molecule has 30 nitrogen and oxygen atoms in total. The molecule has 30 heteroatoms. The molecule has 2 aliphatic heterocycles. The molecule has 0 aromatic rings. The van der Waals surface area contributed by atoms with Crippen LogP contribution in [0.5, 0.6) is 0 Å². The highest BCUT2D eigenvalue weighted by Gasteiger charge is 2.52. The molecule has 0 bridgehead atoms. The molecule has 2 heterocycles. The van der Waals surface area contributed by atoms with Crippen molar-refractivity contribution in [3.05, 3.63) is 0 Å². The number of primary amides is 1. The average molecular weight is 1110 g/mol. The molecule has 0 unspecified atom stereocenters. The Morgan fingerprint density at radius 2 is 1.27 bits per heavy atom. The normalized spacial score (nSPS) is 21.1. The van der Waals surface area contributed by atoms with Gasteiger partial charge in [-0.2, -0.15) is 0 Å². The number of hydrogen-bond acceptors (Lipinski definition) is 19. The maximum absolute atomic E-state index is 14.6. The number of ether oxygens (including phenoxy) is 5. The monoisotopic (exact) mass is 1110 g/mol. The van der Waals surface area contributed by atoms with Crippen molar-refractivity contribution in [3.63, 3.8) is 0 Å². The van der Waals surface area contributed by atoms with Crippen LogP contribution in [0.1, 0.15) is 108 Å². The molecule has 2 saturated heterocycles. The maximum Gasteiger partial charge on any atom is 0.303 e. The van der Waals surface area contributed by atoms with Gasteiger partial charge in [-0.25, -0.2) is 0 Å². The molecule has 10 amide bonds. The Morgan fingerprint density at radius 1 is 0.667 bits per heavy atom. The van der Waals surface area contributed by atoms with E-state index in [2.05, 4.69) is 42.5 Å². The Hall–Kier alpha value is -7.50. The summed E-state index contributed by atoms with van der Waals surface area (Å²) in [6.45, 7) is 12.7. The minimum Gasteiger partial charge on any atom is -0.481 e. The fraction of sp³-hybridized carbons (Fsp3) is 0.708. The maximum atomic E-state index is 14.6. The molecule has 0 spiro atoms. The number of nitrogens with two attached hydrogens (primary N) is 1. The highest BCUT2D eigenvalue weighted by molar-refractivity contribution is 5.97. The Kier molecular flexibility index (Phi) is 27.0. The number of carbonyl (C=O) groups is 14. The van der Waals surface area contributed by atoms with Crippen molar-refractivity contribution in [2.45, 2.75) is 181 Å². The number of amides is 10. The second-order valence-corrected chi connectivity index (χ2v) is 19.5. The summed E-state index contributed by atoms with van der Waals surface area (Å²) in [6, 6.07) is -10.1. The predicted octanol–water partition coefficient (Wildman–Crippen LogP) is -4.21. The molecule has 438 valence electrons. The lowest BCUT2D eigenvalue weighted by atomic mass is 9.95. The van der Waals surface area contributed by atoms with Gasteiger partial charge in [0.1, 0.15) is 55.0 Å². The number of hydrogen-bond donors (Lipinski definition) is 10. The first-order valence-corrected chi connectivity index (χ1v) is 25.2. The fourth-order valence-electron chi connectivity index (χ4n) is 8.29. The SMILES string of the molecule is CC(=O)N[C@H]1[C@@H](O[C@H](C)[C@H](NC(=O)[C@H](C)NC(=O)[C@H](CC(C)C)NC(=O)[C@H](CCC(=O)O)NC(C)=O)C(=O)N[C@H](C(=O)NCC(=O)N2CCC[C@H]2C(=O)NCC(N)=O)C(C)C)O[C@H](COC(C)=O)[C@H](OC(C)=O)[C@@H]1OC(C)=O. The van der Waals surface area contributed by atoms with E-state index in [0.717, 1.165) is 34.6 Å². The van der Waals surface area contributed by atoms with Crippen molar-refractivity contribution in [2.24, 2.45) is 17.6 Å². The number of aliphatic carboxylic acids is 1. The van der Waals surface area contributed by atoms with Gasteiger partial charge in [0.25, 0.3) is 0 Å². The van der Waals surface area contributed by atoms with E-state index in [9.17, 15) is 72.2 Å². The van der Waals surface area contributed by atoms with Gasteiger partial charge < -0.3 is 82.0 Å². The van der Waals surface area contributed by atoms with Crippen LogP contribution in [0.2, 0.25) is 0 Å². The van der Waals surface area contributed by atoms with Crippen molar-refractivity contribution < 1.29 is 95.9 Å². The zero-order chi connectivity index (χ0) is 59.3. The molecule has 2 fully saturated rings. The number of nitrogens with zero attached hydrogens (tertiary/aromatic N) is 1. The van der Waals surface area contributed by atoms with Crippen LogP contribution in [0.25, 0.3) is 0 Å². The molecule has 0 radical (unpaired) electrons. The lowest BCUT2D eigenvalue weighted by Gasteiger charge is -2.46. The van der Waals surface area contributed by atoms with Crippen molar-refractivity contribution in [1.29, 1.82) is 0 Å². The van der Waals surface area contributed by atoms with Crippen molar-refractivity contribution in [3.8, 4) is 0 Å². The Morgan fingerprint density at radius 3 is 1.81 bits per heavy atom. The topological polar surface area (TPSA) is 431 Å². The van der Waals surface area contributed by atoms with Gasteiger partial charge in [-0.1, -0.05) is 27.7 Å².